The van der Waals surface area contributed by atoms with Crippen LogP contribution in [-0.4, -0.2) is 9.55 Å². The molecule has 0 atom stereocenters. The summed E-state index contributed by atoms with van der Waals surface area (Å²) < 4.78 is 1.90. The van der Waals surface area contributed by atoms with Crippen LogP contribution in [0.5, 0.6) is 0 Å². The van der Waals surface area contributed by atoms with Crippen LogP contribution in [0.25, 0.3) is 16.9 Å². The Labute approximate surface area is 122 Å². The van der Waals surface area contributed by atoms with Gasteiger partial charge in [-0.3, -0.25) is 0 Å². The van der Waals surface area contributed by atoms with Crippen LogP contribution in [0, 0.1) is 22.7 Å². The van der Waals surface area contributed by atoms with Crippen LogP contribution < -0.4 is 0 Å². The van der Waals surface area contributed by atoms with E-state index in [-0.39, 0.29) is 0 Å². The van der Waals surface area contributed by atoms with Gasteiger partial charge in [-0.15, -0.1) is 0 Å². The van der Waals surface area contributed by atoms with Gasteiger partial charge in [0.1, 0.15) is 0 Å². The van der Waals surface area contributed by atoms with Gasteiger partial charge in [0.05, 0.1) is 35.3 Å². The number of nitriles is 2. The molecule has 0 radical (unpaired) electrons. The minimum absolute atomic E-state index is 0.630. The molecule has 1 aromatic heterocycles. The summed E-state index contributed by atoms with van der Waals surface area (Å²) in [4.78, 5) is 4.38. The number of imidazole rings is 1. The second-order valence-electron chi connectivity index (χ2n) is 4.51. The summed E-state index contributed by atoms with van der Waals surface area (Å²) in [5, 5.41) is 17.6. The summed E-state index contributed by atoms with van der Waals surface area (Å²) >= 11 is 0. The number of benzene rings is 2. The molecule has 0 spiro atoms. The largest absolute Gasteiger partial charge is 0.306 e. The van der Waals surface area contributed by atoms with Gasteiger partial charge in [-0.05, 0) is 36.4 Å². The van der Waals surface area contributed by atoms with E-state index in [0.717, 1.165) is 16.9 Å². The predicted molar refractivity (Wildman–Crippen MR) is 78.4 cm³/mol. The highest BCUT2D eigenvalue weighted by molar-refractivity contribution is 5.60. The van der Waals surface area contributed by atoms with Crippen molar-refractivity contribution in [2.24, 2.45) is 0 Å². The molecule has 0 fully saturated rings. The molecule has 0 bridgehead atoms. The predicted octanol–water partition coefficient (Wildman–Crippen LogP) is 3.28. The fourth-order valence-electron chi connectivity index (χ4n) is 2.04. The van der Waals surface area contributed by atoms with Crippen molar-refractivity contribution in [2.75, 3.05) is 0 Å². The molecule has 1 heterocycles. The van der Waals surface area contributed by atoms with Gasteiger partial charge in [0.15, 0.2) is 0 Å². The fraction of sp³-hybridized carbons (Fsp3) is 0. The van der Waals surface area contributed by atoms with Gasteiger partial charge in [0, 0.05) is 17.4 Å². The molecule has 3 rings (SSSR count). The Morgan fingerprint density at radius 3 is 1.95 bits per heavy atom. The monoisotopic (exact) mass is 270 g/mol. The SMILES string of the molecule is N#Cc1ccc(-c2cn(-c3ccc(C#N)cc3)cn2)cc1. The molecule has 0 aliphatic heterocycles. The van der Waals surface area contributed by atoms with Crippen molar-refractivity contribution in [3.63, 3.8) is 0 Å². The summed E-state index contributed by atoms with van der Waals surface area (Å²) in [6.07, 6.45) is 3.65. The third kappa shape index (κ3) is 2.51. The van der Waals surface area contributed by atoms with Crippen molar-refractivity contribution in [1.82, 2.24) is 9.55 Å². The Morgan fingerprint density at radius 1 is 0.810 bits per heavy atom. The maximum Gasteiger partial charge on any atom is 0.0999 e. The van der Waals surface area contributed by atoms with Gasteiger partial charge in [-0.1, -0.05) is 12.1 Å². The van der Waals surface area contributed by atoms with Crippen LogP contribution in [-0.2, 0) is 0 Å². The van der Waals surface area contributed by atoms with Crippen molar-refractivity contribution >= 4 is 0 Å². The number of rotatable bonds is 2. The Morgan fingerprint density at radius 2 is 1.38 bits per heavy atom. The summed E-state index contributed by atoms with van der Waals surface area (Å²) in [6.45, 7) is 0. The maximum absolute atomic E-state index is 8.80. The lowest BCUT2D eigenvalue weighted by atomic mass is 10.1. The van der Waals surface area contributed by atoms with E-state index in [4.69, 9.17) is 10.5 Å². The molecule has 0 aliphatic rings. The van der Waals surface area contributed by atoms with Crippen molar-refractivity contribution in [2.45, 2.75) is 0 Å². The van der Waals surface area contributed by atoms with E-state index in [1.165, 1.54) is 0 Å². The molecule has 0 N–H and O–H groups in total. The number of aromatic nitrogens is 2. The van der Waals surface area contributed by atoms with Gasteiger partial charge in [-0.25, -0.2) is 4.98 Å². The first-order valence-corrected chi connectivity index (χ1v) is 6.35. The minimum atomic E-state index is 0.630. The van der Waals surface area contributed by atoms with Crippen molar-refractivity contribution in [3.8, 4) is 29.1 Å². The first-order valence-electron chi connectivity index (χ1n) is 6.35. The van der Waals surface area contributed by atoms with E-state index < -0.39 is 0 Å². The smallest absolute Gasteiger partial charge is 0.0999 e. The van der Waals surface area contributed by atoms with Gasteiger partial charge < -0.3 is 4.57 Å². The molecule has 98 valence electrons. The van der Waals surface area contributed by atoms with E-state index in [1.807, 2.05) is 35.0 Å². The van der Waals surface area contributed by atoms with Gasteiger partial charge in [0.25, 0.3) is 0 Å². The van der Waals surface area contributed by atoms with Crippen LogP contribution in [0.2, 0.25) is 0 Å². The lowest BCUT2D eigenvalue weighted by Crippen LogP contribution is -1.89. The lowest BCUT2D eigenvalue weighted by Gasteiger charge is -2.01. The topological polar surface area (TPSA) is 65.4 Å². The van der Waals surface area contributed by atoms with E-state index >= 15 is 0 Å². The van der Waals surface area contributed by atoms with E-state index in [9.17, 15) is 0 Å². The van der Waals surface area contributed by atoms with E-state index in [1.54, 1.807) is 30.6 Å². The molecule has 21 heavy (non-hydrogen) atoms. The van der Waals surface area contributed by atoms with E-state index in [0.29, 0.717) is 11.1 Å². The summed E-state index contributed by atoms with van der Waals surface area (Å²) in [5.41, 5.74) is 4.00. The zero-order valence-corrected chi connectivity index (χ0v) is 11.1. The maximum atomic E-state index is 8.80. The number of hydrogen-bond acceptors (Lipinski definition) is 3. The third-order valence-electron chi connectivity index (χ3n) is 3.19. The van der Waals surface area contributed by atoms with Crippen LogP contribution in [0.15, 0.2) is 61.1 Å². The lowest BCUT2D eigenvalue weighted by molar-refractivity contribution is 1.06. The quantitative estimate of drug-likeness (QED) is 0.717. The molecule has 4 heteroatoms. The standard InChI is InChI=1S/C17H10N4/c18-9-13-1-5-15(6-2-13)17-11-21(12-20-17)16-7-3-14(10-19)4-8-16/h1-8,11-12H. The Bertz CT molecular complexity index is 772. The first kappa shape index (κ1) is 12.7. The highest BCUT2D eigenvalue weighted by Gasteiger charge is 2.04. The normalized spacial score (nSPS) is 9.81. The molecule has 3 aromatic rings. The number of hydrogen-bond donors (Lipinski definition) is 0. The molecular weight excluding hydrogens is 260 g/mol. The van der Waals surface area contributed by atoms with Crippen molar-refractivity contribution in [1.29, 1.82) is 10.5 Å². The molecule has 0 saturated carbocycles. The van der Waals surface area contributed by atoms with Crippen molar-refractivity contribution < 1.29 is 0 Å². The number of nitrogens with zero attached hydrogens (tertiary/aromatic N) is 4. The highest BCUT2D eigenvalue weighted by Crippen LogP contribution is 2.19. The highest BCUT2D eigenvalue weighted by atomic mass is 15.0. The average molecular weight is 270 g/mol. The van der Waals surface area contributed by atoms with Gasteiger partial charge in [-0.2, -0.15) is 10.5 Å². The van der Waals surface area contributed by atoms with Crippen LogP contribution >= 0.6 is 0 Å². The second-order valence-corrected chi connectivity index (χ2v) is 4.51. The molecular formula is C17H10N4. The zero-order valence-electron chi connectivity index (χ0n) is 11.1. The summed E-state index contributed by atoms with van der Waals surface area (Å²) in [6, 6.07) is 18.8. The zero-order chi connectivity index (χ0) is 14.7. The second kappa shape index (κ2) is 5.32. The van der Waals surface area contributed by atoms with Crippen LogP contribution in [0.4, 0.5) is 0 Å². The van der Waals surface area contributed by atoms with Crippen molar-refractivity contribution in [3.05, 3.63) is 72.2 Å². The molecule has 0 amide bonds. The molecule has 0 saturated heterocycles. The third-order valence-corrected chi connectivity index (χ3v) is 3.19. The molecule has 0 unspecified atom stereocenters. The average Bonchev–Trinajstić information content (AvgIpc) is 3.05. The minimum Gasteiger partial charge on any atom is -0.306 e. The Balaban J connectivity index is 1.92. The van der Waals surface area contributed by atoms with Crippen LogP contribution in [0.3, 0.4) is 0 Å². The van der Waals surface area contributed by atoms with E-state index in [2.05, 4.69) is 17.1 Å². The Hall–Kier alpha value is -3.37. The summed E-state index contributed by atoms with van der Waals surface area (Å²) in [7, 11) is 0. The fourth-order valence-corrected chi connectivity index (χ4v) is 2.04. The first-order chi connectivity index (χ1) is 10.3. The molecule has 4 nitrogen and oxygen atoms in total. The van der Waals surface area contributed by atoms with Gasteiger partial charge >= 0.3 is 0 Å². The van der Waals surface area contributed by atoms with Gasteiger partial charge in [0.2, 0.25) is 0 Å². The van der Waals surface area contributed by atoms with Crippen LogP contribution in [0.1, 0.15) is 11.1 Å². The molecule has 0 aliphatic carbocycles. The molecule has 2 aromatic carbocycles. The Kier molecular flexibility index (Phi) is 3.21. The summed E-state index contributed by atoms with van der Waals surface area (Å²) in [5.74, 6) is 0.